The summed E-state index contributed by atoms with van der Waals surface area (Å²) in [6, 6.07) is 15.3. The van der Waals surface area contributed by atoms with Crippen LogP contribution in [-0.4, -0.2) is 22.4 Å². The first-order valence-corrected chi connectivity index (χ1v) is 9.59. The van der Waals surface area contributed by atoms with Gasteiger partial charge in [0.1, 0.15) is 6.61 Å². The molecule has 0 atom stereocenters. The Morgan fingerprint density at radius 3 is 2.61 bits per heavy atom. The zero-order valence-electron chi connectivity index (χ0n) is 14.9. The van der Waals surface area contributed by atoms with E-state index in [4.69, 9.17) is 21.1 Å². The van der Waals surface area contributed by atoms with E-state index in [9.17, 15) is 9.59 Å². The van der Waals surface area contributed by atoms with Gasteiger partial charge in [-0.1, -0.05) is 45.7 Å². The molecule has 1 heterocycles. The van der Waals surface area contributed by atoms with E-state index in [0.717, 1.165) is 14.7 Å². The van der Waals surface area contributed by atoms with Crippen LogP contribution in [0.15, 0.2) is 63.9 Å². The number of hydrogen-bond donors (Lipinski definition) is 0. The molecule has 0 amide bonds. The predicted molar refractivity (Wildman–Crippen MR) is 109 cm³/mol. The van der Waals surface area contributed by atoms with Crippen molar-refractivity contribution in [3.8, 4) is 11.4 Å². The third kappa shape index (κ3) is 4.79. The first-order chi connectivity index (χ1) is 13.5. The molecule has 0 unspecified atom stereocenters. The second-order valence-corrected chi connectivity index (χ2v) is 7.07. The van der Waals surface area contributed by atoms with Crippen LogP contribution >= 0.6 is 27.5 Å². The molecule has 0 radical (unpaired) electrons. The minimum atomic E-state index is -0.669. The lowest BCUT2D eigenvalue weighted by Gasteiger charge is -2.13. The van der Waals surface area contributed by atoms with Crippen LogP contribution in [0.1, 0.15) is 23.0 Å². The summed E-state index contributed by atoms with van der Waals surface area (Å²) >= 11 is 9.24. The SMILES string of the molecule is CCOC(=O)c1nn(-c2cccc(Br)c2)c(=O)cc1OCc1ccc(Cl)cc1. The van der Waals surface area contributed by atoms with E-state index >= 15 is 0 Å². The smallest absolute Gasteiger partial charge is 0.362 e. The average Bonchev–Trinajstić information content (AvgIpc) is 2.67. The molecule has 6 nitrogen and oxygen atoms in total. The lowest BCUT2D eigenvalue weighted by atomic mass is 10.2. The molecule has 1 aromatic heterocycles. The predicted octanol–water partition coefficient (Wildman–Crippen LogP) is 4.40. The third-order valence-corrected chi connectivity index (χ3v) is 4.47. The van der Waals surface area contributed by atoms with Crippen LogP contribution in [0.4, 0.5) is 0 Å². The number of nitrogens with zero attached hydrogens (tertiary/aromatic N) is 2. The quantitative estimate of drug-likeness (QED) is 0.507. The summed E-state index contributed by atoms with van der Waals surface area (Å²) in [5.41, 5.74) is 0.831. The molecule has 0 saturated heterocycles. The van der Waals surface area contributed by atoms with Crippen LogP contribution in [0.2, 0.25) is 5.02 Å². The van der Waals surface area contributed by atoms with Gasteiger partial charge in [-0.05, 0) is 42.8 Å². The minimum absolute atomic E-state index is 0.0599. The summed E-state index contributed by atoms with van der Waals surface area (Å²) in [6.07, 6.45) is 0. The second kappa shape index (κ2) is 9.03. The Hall–Kier alpha value is -2.64. The first-order valence-electron chi connectivity index (χ1n) is 8.42. The molecule has 0 bridgehead atoms. The fraction of sp³-hybridized carbons (Fsp3) is 0.150. The Kier molecular flexibility index (Phi) is 6.49. The van der Waals surface area contributed by atoms with E-state index < -0.39 is 11.5 Å². The Labute approximate surface area is 174 Å². The van der Waals surface area contributed by atoms with Gasteiger partial charge >= 0.3 is 5.97 Å². The normalized spacial score (nSPS) is 10.5. The van der Waals surface area contributed by atoms with Gasteiger partial charge in [0, 0.05) is 9.50 Å². The summed E-state index contributed by atoms with van der Waals surface area (Å²) < 4.78 is 12.7. The number of esters is 1. The van der Waals surface area contributed by atoms with E-state index in [1.165, 1.54) is 6.07 Å². The second-order valence-electron chi connectivity index (χ2n) is 5.72. The minimum Gasteiger partial charge on any atom is -0.486 e. The summed E-state index contributed by atoms with van der Waals surface area (Å²) in [5.74, 6) is -0.609. The summed E-state index contributed by atoms with van der Waals surface area (Å²) in [6.45, 7) is 2.01. The van der Waals surface area contributed by atoms with E-state index in [2.05, 4.69) is 21.0 Å². The largest absolute Gasteiger partial charge is 0.486 e. The molecule has 8 heteroatoms. The standard InChI is InChI=1S/C20H16BrClN2O4/c1-2-27-20(26)19-17(28-12-13-6-8-15(22)9-7-13)11-18(25)24(23-19)16-5-3-4-14(21)10-16/h3-11H,2,12H2,1H3. The Bertz CT molecular complexity index is 1050. The zero-order chi connectivity index (χ0) is 20.1. The molecule has 2 aromatic carbocycles. The van der Waals surface area contributed by atoms with Crippen molar-refractivity contribution in [1.82, 2.24) is 9.78 Å². The van der Waals surface area contributed by atoms with Crippen LogP contribution in [0.3, 0.4) is 0 Å². The van der Waals surface area contributed by atoms with E-state index in [0.29, 0.717) is 10.7 Å². The third-order valence-electron chi connectivity index (χ3n) is 3.73. The maximum Gasteiger partial charge on any atom is 0.362 e. The monoisotopic (exact) mass is 462 g/mol. The number of aromatic nitrogens is 2. The summed E-state index contributed by atoms with van der Waals surface area (Å²) in [7, 11) is 0. The molecule has 144 valence electrons. The van der Waals surface area contributed by atoms with E-state index in [1.807, 2.05) is 6.07 Å². The Morgan fingerprint density at radius 1 is 1.18 bits per heavy atom. The Balaban J connectivity index is 1.98. The molecule has 0 aliphatic heterocycles. The highest BCUT2D eigenvalue weighted by molar-refractivity contribution is 9.10. The van der Waals surface area contributed by atoms with Gasteiger partial charge in [0.2, 0.25) is 5.69 Å². The lowest BCUT2D eigenvalue weighted by Crippen LogP contribution is -2.25. The van der Waals surface area contributed by atoms with Gasteiger partial charge in [-0.15, -0.1) is 0 Å². The number of hydrogen-bond acceptors (Lipinski definition) is 5. The van der Waals surface area contributed by atoms with Gasteiger partial charge < -0.3 is 9.47 Å². The molecule has 0 aliphatic rings. The van der Waals surface area contributed by atoms with Crippen LogP contribution in [0.5, 0.6) is 5.75 Å². The number of benzene rings is 2. The van der Waals surface area contributed by atoms with Crippen molar-refractivity contribution in [1.29, 1.82) is 0 Å². The number of halogens is 2. The molecule has 0 saturated carbocycles. The number of rotatable bonds is 6. The van der Waals surface area contributed by atoms with Crippen LogP contribution in [-0.2, 0) is 11.3 Å². The van der Waals surface area contributed by atoms with Gasteiger partial charge in [0.15, 0.2) is 5.75 Å². The maximum absolute atomic E-state index is 12.6. The Morgan fingerprint density at radius 2 is 1.93 bits per heavy atom. The molecule has 3 aromatic rings. The lowest BCUT2D eigenvalue weighted by molar-refractivity contribution is 0.0511. The summed E-state index contributed by atoms with van der Waals surface area (Å²) in [4.78, 5) is 25.0. The summed E-state index contributed by atoms with van der Waals surface area (Å²) in [5, 5.41) is 4.80. The first kappa shape index (κ1) is 20.1. The molecule has 28 heavy (non-hydrogen) atoms. The van der Waals surface area contributed by atoms with Crippen molar-refractivity contribution in [2.24, 2.45) is 0 Å². The fourth-order valence-corrected chi connectivity index (χ4v) is 2.94. The van der Waals surface area contributed by atoms with Crippen molar-refractivity contribution >= 4 is 33.5 Å². The number of carbonyl (C=O) groups is 1. The van der Waals surface area contributed by atoms with Crippen molar-refractivity contribution in [3.63, 3.8) is 0 Å². The molecule has 0 aliphatic carbocycles. The molecular formula is C20H16BrClN2O4. The van der Waals surface area contributed by atoms with Crippen LogP contribution in [0, 0.1) is 0 Å². The van der Waals surface area contributed by atoms with Gasteiger partial charge in [0.05, 0.1) is 18.4 Å². The van der Waals surface area contributed by atoms with Crippen molar-refractivity contribution in [2.45, 2.75) is 13.5 Å². The topological polar surface area (TPSA) is 70.4 Å². The van der Waals surface area contributed by atoms with Crippen molar-refractivity contribution in [2.75, 3.05) is 6.61 Å². The van der Waals surface area contributed by atoms with Crippen molar-refractivity contribution < 1.29 is 14.3 Å². The highest BCUT2D eigenvalue weighted by Crippen LogP contribution is 2.20. The maximum atomic E-state index is 12.6. The van der Waals surface area contributed by atoms with E-state index in [1.54, 1.807) is 49.4 Å². The molecule has 0 fully saturated rings. The van der Waals surface area contributed by atoms with Gasteiger partial charge in [0.25, 0.3) is 5.56 Å². The molecule has 0 N–H and O–H groups in total. The number of carbonyl (C=O) groups excluding carboxylic acids is 1. The van der Waals surface area contributed by atoms with Crippen LogP contribution in [0.25, 0.3) is 5.69 Å². The van der Waals surface area contributed by atoms with Gasteiger partial charge in [-0.3, -0.25) is 4.79 Å². The molecule has 3 rings (SSSR count). The molecular weight excluding hydrogens is 448 g/mol. The van der Waals surface area contributed by atoms with Gasteiger partial charge in [-0.2, -0.15) is 9.78 Å². The molecule has 0 spiro atoms. The fourth-order valence-electron chi connectivity index (χ4n) is 2.43. The number of ether oxygens (including phenoxy) is 2. The average molecular weight is 464 g/mol. The van der Waals surface area contributed by atoms with E-state index in [-0.39, 0.29) is 24.7 Å². The highest BCUT2D eigenvalue weighted by atomic mass is 79.9. The van der Waals surface area contributed by atoms with Crippen molar-refractivity contribution in [3.05, 3.63) is 85.7 Å². The zero-order valence-corrected chi connectivity index (χ0v) is 17.2. The van der Waals surface area contributed by atoms with Crippen LogP contribution < -0.4 is 10.3 Å². The van der Waals surface area contributed by atoms with Gasteiger partial charge in [-0.25, -0.2) is 4.79 Å². The highest BCUT2D eigenvalue weighted by Gasteiger charge is 2.20.